The predicted octanol–water partition coefficient (Wildman–Crippen LogP) is 4.49. The Hall–Kier alpha value is -1.91. The Morgan fingerprint density at radius 2 is 1.72 bits per heavy atom. The Morgan fingerprint density at radius 1 is 1.08 bits per heavy atom. The molecule has 4 nitrogen and oxygen atoms in total. The highest BCUT2D eigenvalue weighted by molar-refractivity contribution is 6.35. The standard InChI is InChI=1S/C19H22Cl2N2O2/c1-13(25-18-10-7-15(20)11-17(18)21)19(24)23(4)12-14-5-8-16(9-6-14)22(2)3/h5-11,13H,12H2,1-4H3. The van der Waals surface area contributed by atoms with Crippen LogP contribution in [0.25, 0.3) is 0 Å². The number of carbonyl (C=O) groups is 1. The summed E-state index contributed by atoms with van der Waals surface area (Å²) in [4.78, 5) is 16.2. The van der Waals surface area contributed by atoms with Gasteiger partial charge < -0.3 is 14.5 Å². The van der Waals surface area contributed by atoms with Gasteiger partial charge in [-0.05, 0) is 42.8 Å². The summed E-state index contributed by atoms with van der Waals surface area (Å²) in [5, 5.41) is 0.906. The summed E-state index contributed by atoms with van der Waals surface area (Å²) in [6.07, 6.45) is -0.648. The van der Waals surface area contributed by atoms with Gasteiger partial charge in [0.05, 0.1) is 5.02 Å². The van der Waals surface area contributed by atoms with Gasteiger partial charge in [-0.25, -0.2) is 0 Å². The molecule has 6 heteroatoms. The molecule has 1 amide bonds. The van der Waals surface area contributed by atoms with Gasteiger partial charge in [0.25, 0.3) is 5.91 Å². The van der Waals surface area contributed by atoms with Crippen molar-refractivity contribution in [2.75, 3.05) is 26.0 Å². The predicted molar refractivity (Wildman–Crippen MR) is 104 cm³/mol. The molecule has 0 fully saturated rings. The van der Waals surface area contributed by atoms with Crippen molar-refractivity contribution in [1.29, 1.82) is 0 Å². The van der Waals surface area contributed by atoms with E-state index in [2.05, 4.69) is 0 Å². The third-order valence-corrected chi connectivity index (χ3v) is 4.32. The van der Waals surface area contributed by atoms with E-state index in [-0.39, 0.29) is 5.91 Å². The first-order valence-electron chi connectivity index (χ1n) is 7.91. The first-order chi connectivity index (χ1) is 11.8. The molecule has 0 saturated carbocycles. The molecule has 2 aromatic rings. The molecule has 134 valence electrons. The molecule has 0 aliphatic carbocycles. The van der Waals surface area contributed by atoms with Crippen LogP contribution in [0.3, 0.4) is 0 Å². The summed E-state index contributed by atoms with van der Waals surface area (Å²) >= 11 is 12.0. The number of ether oxygens (including phenoxy) is 1. The van der Waals surface area contributed by atoms with Crippen molar-refractivity contribution in [3.05, 3.63) is 58.1 Å². The second-order valence-corrected chi connectivity index (χ2v) is 6.93. The monoisotopic (exact) mass is 380 g/mol. The van der Waals surface area contributed by atoms with Gasteiger partial charge in [0, 0.05) is 38.4 Å². The number of hydrogen-bond acceptors (Lipinski definition) is 3. The summed E-state index contributed by atoms with van der Waals surface area (Å²) in [6.45, 7) is 2.22. The highest BCUT2D eigenvalue weighted by Gasteiger charge is 2.20. The van der Waals surface area contributed by atoms with Crippen molar-refractivity contribution < 1.29 is 9.53 Å². The summed E-state index contributed by atoms with van der Waals surface area (Å²) in [5.41, 5.74) is 2.17. The first-order valence-corrected chi connectivity index (χ1v) is 8.66. The van der Waals surface area contributed by atoms with E-state index < -0.39 is 6.10 Å². The van der Waals surface area contributed by atoms with Crippen molar-refractivity contribution in [1.82, 2.24) is 4.90 Å². The number of amides is 1. The minimum atomic E-state index is -0.648. The van der Waals surface area contributed by atoms with Gasteiger partial charge in [0.2, 0.25) is 0 Å². The zero-order valence-electron chi connectivity index (χ0n) is 14.8. The number of hydrogen-bond donors (Lipinski definition) is 0. The van der Waals surface area contributed by atoms with Crippen LogP contribution in [0.2, 0.25) is 10.0 Å². The molecule has 25 heavy (non-hydrogen) atoms. The average Bonchev–Trinajstić information content (AvgIpc) is 2.57. The van der Waals surface area contributed by atoms with Crippen molar-refractivity contribution >= 4 is 34.8 Å². The number of halogens is 2. The van der Waals surface area contributed by atoms with E-state index >= 15 is 0 Å². The topological polar surface area (TPSA) is 32.8 Å². The third-order valence-electron chi connectivity index (χ3n) is 3.79. The van der Waals surface area contributed by atoms with E-state index in [0.29, 0.717) is 22.3 Å². The molecule has 1 unspecified atom stereocenters. The maximum absolute atomic E-state index is 12.5. The largest absolute Gasteiger partial charge is 0.479 e. The van der Waals surface area contributed by atoms with Crippen LogP contribution in [-0.4, -0.2) is 38.1 Å². The van der Waals surface area contributed by atoms with E-state index in [4.69, 9.17) is 27.9 Å². The summed E-state index contributed by atoms with van der Waals surface area (Å²) in [5.74, 6) is 0.318. The van der Waals surface area contributed by atoms with Crippen LogP contribution in [0.1, 0.15) is 12.5 Å². The number of likely N-dealkylation sites (N-methyl/N-ethyl adjacent to an activating group) is 1. The van der Waals surface area contributed by atoms with Crippen LogP contribution in [-0.2, 0) is 11.3 Å². The lowest BCUT2D eigenvalue weighted by Crippen LogP contribution is -2.37. The number of nitrogens with zero attached hydrogens (tertiary/aromatic N) is 2. The van der Waals surface area contributed by atoms with Gasteiger partial charge >= 0.3 is 0 Å². The van der Waals surface area contributed by atoms with E-state index in [9.17, 15) is 4.79 Å². The molecule has 2 aromatic carbocycles. The second kappa shape index (κ2) is 8.45. The molecule has 0 aliphatic heterocycles. The van der Waals surface area contributed by atoms with Crippen LogP contribution in [0, 0.1) is 0 Å². The summed E-state index contributed by atoms with van der Waals surface area (Å²) in [7, 11) is 5.74. The Bertz CT molecular complexity index is 733. The Labute approximate surface area is 158 Å². The number of rotatable bonds is 6. The van der Waals surface area contributed by atoms with Gasteiger partial charge in [0.15, 0.2) is 6.10 Å². The normalized spacial score (nSPS) is 11.8. The lowest BCUT2D eigenvalue weighted by Gasteiger charge is -2.23. The van der Waals surface area contributed by atoms with E-state index in [1.165, 1.54) is 0 Å². The van der Waals surface area contributed by atoms with Crippen molar-refractivity contribution in [2.24, 2.45) is 0 Å². The molecule has 0 aliphatic rings. The van der Waals surface area contributed by atoms with Gasteiger partial charge in [-0.3, -0.25) is 4.79 Å². The maximum atomic E-state index is 12.5. The molecule has 0 saturated heterocycles. The molecule has 0 bridgehead atoms. The molecular weight excluding hydrogens is 359 g/mol. The maximum Gasteiger partial charge on any atom is 0.263 e. The molecule has 0 radical (unpaired) electrons. The highest BCUT2D eigenvalue weighted by atomic mass is 35.5. The lowest BCUT2D eigenvalue weighted by atomic mass is 10.2. The molecule has 0 spiro atoms. The smallest absolute Gasteiger partial charge is 0.263 e. The van der Waals surface area contributed by atoms with E-state index in [0.717, 1.165) is 11.3 Å². The van der Waals surface area contributed by atoms with Crippen LogP contribution >= 0.6 is 23.2 Å². The van der Waals surface area contributed by atoms with Crippen LogP contribution in [0.5, 0.6) is 5.75 Å². The van der Waals surface area contributed by atoms with Crippen molar-refractivity contribution in [3.63, 3.8) is 0 Å². The number of anilines is 1. The quantitative estimate of drug-likeness (QED) is 0.740. The SMILES string of the molecule is CC(Oc1ccc(Cl)cc1Cl)C(=O)N(C)Cc1ccc(N(C)C)cc1. The number of benzene rings is 2. The molecule has 0 N–H and O–H groups in total. The van der Waals surface area contributed by atoms with Crippen LogP contribution in [0.15, 0.2) is 42.5 Å². The first kappa shape index (κ1) is 19.4. The Kier molecular flexibility index (Phi) is 6.57. The minimum absolute atomic E-state index is 0.122. The van der Waals surface area contributed by atoms with Gasteiger partial charge in [-0.1, -0.05) is 35.3 Å². The molecule has 0 aromatic heterocycles. The van der Waals surface area contributed by atoms with Gasteiger partial charge in [-0.2, -0.15) is 0 Å². The molecule has 2 rings (SSSR count). The number of carbonyl (C=O) groups excluding carboxylic acids is 1. The highest BCUT2D eigenvalue weighted by Crippen LogP contribution is 2.28. The summed E-state index contributed by atoms with van der Waals surface area (Å²) in [6, 6.07) is 13.0. The fraction of sp³-hybridized carbons (Fsp3) is 0.316. The fourth-order valence-corrected chi connectivity index (χ4v) is 2.83. The third kappa shape index (κ3) is 5.28. The fourth-order valence-electron chi connectivity index (χ4n) is 2.37. The Balaban J connectivity index is 1.98. The van der Waals surface area contributed by atoms with Crippen molar-refractivity contribution in [3.8, 4) is 5.75 Å². The average molecular weight is 381 g/mol. The lowest BCUT2D eigenvalue weighted by molar-refractivity contribution is -0.137. The van der Waals surface area contributed by atoms with E-state index in [1.54, 1.807) is 37.1 Å². The van der Waals surface area contributed by atoms with Crippen molar-refractivity contribution in [2.45, 2.75) is 19.6 Å². The molecule has 1 atom stereocenters. The Morgan fingerprint density at radius 3 is 2.28 bits per heavy atom. The zero-order valence-corrected chi connectivity index (χ0v) is 16.3. The van der Waals surface area contributed by atoms with Gasteiger partial charge in [0.1, 0.15) is 5.75 Å². The van der Waals surface area contributed by atoms with E-state index in [1.807, 2.05) is 43.3 Å². The second-order valence-electron chi connectivity index (χ2n) is 6.09. The minimum Gasteiger partial charge on any atom is -0.479 e. The van der Waals surface area contributed by atoms with Gasteiger partial charge in [-0.15, -0.1) is 0 Å². The summed E-state index contributed by atoms with van der Waals surface area (Å²) < 4.78 is 5.68. The molecule has 0 heterocycles. The zero-order chi connectivity index (χ0) is 18.6. The molecular formula is C19H22Cl2N2O2. The van der Waals surface area contributed by atoms with Crippen LogP contribution < -0.4 is 9.64 Å². The van der Waals surface area contributed by atoms with Crippen LogP contribution in [0.4, 0.5) is 5.69 Å².